The highest BCUT2D eigenvalue weighted by Gasteiger charge is 2.27. The number of halogens is 1. The molecule has 0 atom stereocenters. The van der Waals surface area contributed by atoms with Gasteiger partial charge in [-0.2, -0.15) is 0 Å². The third-order valence-corrected chi connectivity index (χ3v) is 5.18. The Morgan fingerprint density at radius 3 is 2.77 bits per heavy atom. The van der Waals surface area contributed by atoms with Crippen LogP contribution in [0.25, 0.3) is 0 Å². The number of ether oxygens (including phenoxy) is 1. The monoisotopic (exact) mass is 371 g/mol. The largest absolute Gasteiger partial charge is 0.491 e. The lowest BCUT2D eigenvalue weighted by molar-refractivity contribution is 0.0993. The van der Waals surface area contributed by atoms with Gasteiger partial charge in [-0.05, 0) is 34.8 Å². The highest BCUT2D eigenvalue weighted by atomic mass is 35.5. The van der Waals surface area contributed by atoms with Gasteiger partial charge in [0.15, 0.2) is 5.78 Å². The lowest BCUT2D eigenvalue weighted by Gasteiger charge is -2.29. The number of morpholine rings is 1. The maximum atomic E-state index is 12.7. The first-order chi connectivity index (χ1) is 12.6. The van der Waals surface area contributed by atoms with Crippen molar-refractivity contribution in [1.29, 1.82) is 0 Å². The first-order valence-electron chi connectivity index (χ1n) is 8.68. The van der Waals surface area contributed by atoms with Crippen LogP contribution < -0.4 is 10.4 Å². The zero-order chi connectivity index (χ0) is 18.1. The smallest absolute Gasteiger partial charge is 0.423 e. The SMILES string of the molecule is O=C(Cc1ccc2c(c1)B(O)OC2)c1ccc(N2CCOCC2)cc1Cl. The number of Topliss-reactive ketones (excluding diaryl/α,β-unsaturated/α-hetero) is 1. The number of hydrogen-bond donors (Lipinski definition) is 1. The van der Waals surface area contributed by atoms with E-state index in [1.807, 2.05) is 30.3 Å². The maximum Gasteiger partial charge on any atom is 0.491 e. The van der Waals surface area contributed by atoms with Crippen molar-refractivity contribution >= 4 is 35.7 Å². The molecule has 2 heterocycles. The molecular weight excluding hydrogens is 352 g/mol. The summed E-state index contributed by atoms with van der Waals surface area (Å²) in [6, 6.07) is 11.2. The highest BCUT2D eigenvalue weighted by molar-refractivity contribution is 6.61. The molecular formula is C19H19BClNO4. The Hall–Kier alpha value is -1.86. The second-order valence-electron chi connectivity index (χ2n) is 6.56. The molecule has 2 aliphatic rings. The minimum Gasteiger partial charge on any atom is -0.423 e. The molecule has 0 unspecified atom stereocenters. The van der Waals surface area contributed by atoms with Gasteiger partial charge in [0, 0.05) is 30.8 Å². The molecule has 1 N–H and O–H groups in total. The zero-order valence-corrected chi connectivity index (χ0v) is 15.0. The third kappa shape index (κ3) is 3.51. The summed E-state index contributed by atoms with van der Waals surface area (Å²) < 4.78 is 10.6. The number of nitrogens with zero attached hydrogens (tertiary/aromatic N) is 1. The molecule has 0 spiro atoms. The molecule has 0 amide bonds. The van der Waals surface area contributed by atoms with Crippen LogP contribution in [0, 0.1) is 0 Å². The van der Waals surface area contributed by atoms with Crippen LogP contribution in [0.15, 0.2) is 36.4 Å². The van der Waals surface area contributed by atoms with Gasteiger partial charge in [0.1, 0.15) is 0 Å². The number of ketones is 1. The van der Waals surface area contributed by atoms with Crippen LogP contribution in [0.1, 0.15) is 21.5 Å². The summed E-state index contributed by atoms with van der Waals surface area (Å²) in [6.07, 6.45) is 0.233. The molecule has 0 aromatic heterocycles. The Bertz CT molecular complexity index is 838. The lowest BCUT2D eigenvalue weighted by Crippen LogP contribution is -2.36. The van der Waals surface area contributed by atoms with Crippen LogP contribution >= 0.6 is 11.6 Å². The third-order valence-electron chi connectivity index (χ3n) is 4.87. The summed E-state index contributed by atoms with van der Waals surface area (Å²) in [5, 5.41) is 10.3. The molecule has 7 heteroatoms. The van der Waals surface area contributed by atoms with Crippen LogP contribution in [0.5, 0.6) is 0 Å². The van der Waals surface area contributed by atoms with E-state index in [2.05, 4.69) is 4.90 Å². The molecule has 26 heavy (non-hydrogen) atoms. The molecule has 1 saturated heterocycles. The summed E-state index contributed by atoms with van der Waals surface area (Å²) in [5.74, 6) is -0.0446. The normalized spacial score (nSPS) is 16.7. The molecule has 5 nitrogen and oxygen atoms in total. The van der Waals surface area contributed by atoms with Crippen LogP contribution in [-0.4, -0.2) is 44.2 Å². The molecule has 0 bridgehead atoms. The van der Waals surface area contributed by atoms with Gasteiger partial charge in [-0.3, -0.25) is 4.79 Å². The Morgan fingerprint density at radius 1 is 1.19 bits per heavy atom. The minimum absolute atomic E-state index is 0.0446. The Morgan fingerprint density at radius 2 is 2.00 bits per heavy atom. The van der Waals surface area contributed by atoms with Crippen molar-refractivity contribution in [2.24, 2.45) is 0 Å². The van der Waals surface area contributed by atoms with Crippen LogP contribution in [0.2, 0.25) is 5.02 Å². The molecule has 2 aliphatic heterocycles. The number of rotatable bonds is 4. The summed E-state index contributed by atoms with van der Waals surface area (Å²) >= 11 is 6.39. The van der Waals surface area contributed by atoms with Crippen molar-refractivity contribution in [3.63, 3.8) is 0 Å². The topological polar surface area (TPSA) is 59.0 Å². The van der Waals surface area contributed by atoms with Crippen molar-refractivity contribution < 1.29 is 19.2 Å². The van der Waals surface area contributed by atoms with E-state index in [4.69, 9.17) is 21.0 Å². The van der Waals surface area contributed by atoms with E-state index >= 15 is 0 Å². The average molecular weight is 372 g/mol. The first-order valence-corrected chi connectivity index (χ1v) is 9.06. The fraction of sp³-hybridized carbons (Fsp3) is 0.316. The molecule has 0 radical (unpaired) electrons. The van der Waals surface area contributed by atoms with E-state index in [-0.39, 0.29) is 12.2 Å². The quantitative estimate of drug-likeness (QED) is 0.656. The Labute approximate surface area is 157 Å². The minimum atomic E-state index is -0.906. The van der Waals surface area contributed by atoms with Crippen LogP contribution in [-0.2, 0) is 22.4 Å². The van der Waals surface area contributed by atoms with Gasteiger partial charge in [0.2, 0.25) is 0 Å². The summed E-state index contributed by atoms with van der Waals surface area (Å²) in [5.41, 5.74) is 4.06. The van der Waals surface area contributed by atoms with Gasteiger partial charge in [0.25, 0.3) is 0 Å². The molecule has 4 rings (SSSR count). The van der Waals surface area contributed by atoms with Crippen molar-refractivity contribution in [3.05, 3.63) is 58.1 Å². The van der Waals surface area contributed by atoms with Crippen molar-refractivity contribution in [3.8, 4) is 0 Å². The van der Waals surface area contributed by atoms with Gasteiger partial charge in [-0.1, -0.05) is 29.8 Å². The Balaban J connectivity index is 1.50. The number of carbonyl (C=O) groups is 1. The van der Waals surface area contributed by atoms with Gasteiger partial charge >= 0.3 is 7.12 Å². The van der Waals surface area contributed by atoms with Gasteiger partial charge in [-0.15, -0.1) is 0 Å². The number of anilines is 1. The number of carbonyl (C=O) groups excluding carboxylic acids is 1. The predicted molar refractivity (Wildman–Crippen MR) is 101 cm³/mol. The van der Waals surface area contributed by atoms with Crippen LogP contribution in [0.3, 0.4) is 0 Å². The summed E-state index contributed by atoms with van der Waals surface area (Å²) in [6.45, 7) is 3.45. The first kappa shape index (κ1) is 17.6. The molecule has 1 fully saturated rings. The second-order valence-corrected chi connectivity index (χ2v) is 6.97. The highest BCUT2D eigenvalue weighted by Crippen LogP contribution is 2.26. The zero-order valence-electron chi connectivity index (χ0n) is 14.3. The number of benzene rings is 2. The van der Waals surface area contributed by atoms with Gasteiger partial charge in [0.05, 0.1) is 24.8 Å². The standard InChI is InChI=1S/C19H19BClNO4/c21-18-11-15(22-5-7-25-8-6-22)3-4-16(18)19(23)10-13-1-2-14-12-26-20(24)17(14)9-13/h1-4,9,11,24H,5-8,10,12H2. The predicted octanol–water partition coefficient (Wildman–Crippen LogP) is 1.82. The van der Waals surface area contributed by atoms with E-state index in [0.717, 1.165) is 35.4 Å². The van der Waals surface area contributed by atoms with E-state index in [9.17, 15) is 9.82 Å². The van der Waals surface area contributed by atoms with E-state index in [1.54, 1.807) is 6.07 Å². The molecule has 2 aromatic rings. The molecule has 0 aliphatic carbocycles. The lowest BCUT2D eigenvalue weighted by atomic mass is 9.78. The van der Waals surface area contributed by atoms with E-state index in [1.165, 1.54) is 0 Å². The van der Waals surface area contributed by atoms with Crippen molar-refractivity contribution in [2.45, 2.75) is 13.0 Å². The van der Waals surface area contributed by atoms with Gasteiger partial charge < -0.3 is 19.3 Å². The van der Waals surface area contributed by atoms with E-state index in [0.29, 0.717) is 30.4 Å². The van der Waals surface area contributed by atoms with E-state index < -0.39 is 7.12 Å². The van der Waals surface area contributed by atoms with Gasteiger partial charge in [-0.25, -0.2) is 0 Å². The van der Waals surface area contributed by atoms with Crippen molar-refractivity contribution in [2.75, 3.05) is 31.2 Å². The number of hydrogen-bond acceptors (Lipinski definition) is 5. The molecule has 2 aromatic carbocycles. The fourth-order valence-corrected chi connectivity index (χ4v) is 3.68. The maximum absolute atomic E-state index is 12.7. The fourth-order valence-electron chi connectivity index (χ4n) is 3.40. The molecule has 0 saturated carbocycles. The summed E-state index contributed by atoms with van der Waals surface area (Å²) in [7, 11) is -0.906. The van der Waals surface area contributed by atoms with Crippen LogP contribution in [0.4, 0.5) is 5.69 Å². The van der Waals surface area contributed by atoms with Crippen molar-refractivity contribution in [1.82, 2.24) is 0 Å². The molecule has 134 valence electrons. The number of fused-ring (bicyclic) bond motifs is 1. The summed E-state index contributed by atoms with van der Waals surface area (Å²) in [4.78, 5) is 14.9. The second kappa shape index (κ2) is 7.41. The average Bonchev–Trinajstić information content (AvgIpc) is 3.03. The Kier molecular flexibility index (Phi) is 5.00.